The number of ether oxygens (including phenoxy) is 1. The molecule has 0 radical (unpaired) electrons. The summed E-state index contributed by atoms with van der Waals surface area (Å²) in [6, 6.07) is 4.75. The van der Waals surface area contributed by atoms with Crippen LogP contribution in [0.5, 0.6) is 5.75 Å². The van der Waals surface area contributed by atoms with Crippen LogP contribution in [-0.2, 0) is 0 Å². The number of hydrogen-bond acceptors (Lipinski definition) is 2. The van der Waals surface area contributed by atoms with E-state index in [1.165, 1.54) is 12.1 Å². The van der Waals surface area contributed by atoms with Gasteiger partial charge in [0.25, 0.3) is 0 Å². The third-order valence-corrected chi connectivity index (χ3v) is 2.76. The van der Waals surface area contributed by atoms with Crippen LogP contribution in [0.25, 0.3) is 0 Å². The fourth-order valence-electron chi connectivity index (χ4n) is 1.62. The number of benzene rings is 1. The van der Waals surface area contributed by atoms with Crippen LogP contribution in [0.3, 0.4) is 0 Å². The minimum absolute atomic E-state index is 0.129. The quantitative estimate of drug-likeness (QED) is 0.815. The molecule has 0 aromatic heterocycles. The molecule has 1 aromatic carbocycles. The van der Waals surface area contributed by atoms with E-state index in [1.54, 1.807) is 6.07 Å². The minimum atomic E-state index is -0.295. The van der Waals surface area contributed by atoms with Crippen molar-refractivity contribution in [1.82, 2.24) is 5.32 Å². The molecule has 0 aliphatic rings. The van der Waals surface area contributed by atoms with E-state index in [2.05, 4.69) is 34.7 Å². The smallest absolute Gasteiger partial charge is 0.127 e. The van der Waals surface area contributed by atoms with E-state index in [9.17, 15) is 4.39 Å². The summed E-state index contributed by atoms with van der Waals surface area (Å²) in [5, 5.41) is 3.36. The fraction of sp³-hybridized carbons (Fsp3) is 0.429. The molecule has 1 rings (SSSR count). The molecule has 0 saturated heterocycles. The summed E-state index contributed by atoms with van der Waals surface area (Å²) >= 11 is 3.23. The molecule has 0 bridgehead atoms. The molecule has 18 heavy (non-hydrogen) atoms. The van der Waals surface area contributed by atoms with Gasteiger partial charge >= 0.3 is 0 Å². The summed E-state index contributed by atoms with van der Waals surface area (Å²) < 4.78 is 19.5. The van der Waals surface area contributed by atoms with Crippen LogP contribution >= 0.6 is 15.9 Å². The number of hydrogen-bond donors (Lipinski definition) is 1. The van der Waals surface area contributed by atoms with E-state index < -0.39 is 0 Å². The van der Waals surface area contributed by atoms with Crippen molar-refractivity contribution < 1.29 is 9.13 Å². The third-order valence-electron chi connectivity index (χ3n) is 2.53. The second-order valence-electron chi connectivity index (χ2n) is 4.16. The van der Waals surface area contributed by atoms with E-state index in [-0.39, 0.29) is 11.9 Å². The molecule has 1 unspecified atom stereocenters. The van der Waals surface area contributed by atoms with Crippen molar-refractivity contribution in [2.24, 2.45) is 0 Å². The van der Waals surface area contributed by atoms with Crippen molar-refractivity contribution in [3.05, 3.63) is 40.6 Å². The Morgan fingerprint density at radius 2 is 2.28 bits per heavy atom. The van der Waals surface area contributed by atoms with Crippen molar-refractivity contribution in [3.63, 3.8) is 0 Å². The first-order valence-electron chi connectivity index (χ1n) is 6.03. The van der Waals surface area contributed by atoms with Crippen LogP contribution in [0, 0.1) is 5.82 Å². The molecular weight excluding hydrogens is 297 g/mol. The average Bonchev–Trinajstić information content (AvgIpc) is 2.33. The zero-order valence-corrected chi connectivity index (χ0v) is 12.4. The Morgan fingerprint density at radius 1 is 1.56 bits per heavy atom. The average molecular weight is 316 g/mol. The normalized spacial score (nSPS) is 12.2. The van der Waals surface area contributed by atoms with Gasteiger partial charge in [-0.05, 0) is 26.0 Å². The monoisotopic (exact) mass is 315 g/mol. The highest BCUT2D eigenvalue weighted by atomic mass is 79.9. The van der Waals surface area contributed by atoms with Gasteiger partial charge < -0.3 is 10.1 Å². The molecule has 0 amide bonds. The molecule has 0 aliphatic heterocycles. The molecule has 1 atom stereocenters. The second kappa shape index (κ2) is 7.54. The van der Waals surface area contributed by atoms with Gasteiger partial charge in [-0.2, -0.15) is 0 Å². The van der Waals surface area contributed by atoms with Gasteiger partial charge in [-0.3, -0.25) is 0 Å². The Labute approximate surface area is 116 Å². The summed E-state index contributed by atoms with van der Waals surface area (Å²) in [5.41, 5.74) is 0.957. The Balaban J connectivity index is 2.84. The molecule has 0 fully saturated rings. The molecule has 0 spiro atoms. The van der Waals surface area contributed by atoms with Crippen molar-refractivity contribution in [3.8, 4) is 5.75 Å². The molecule has 0 heterocycles. The van der Waals surface area contributed by atoms with Crippen LogP contribution in [0.1, 0.15) is 31.9 Å². The molecule has 0 saturated carbocycles. The Hall–Kier alpha value is -0.870. The summed E-state index contributed by atoms with van der Waals surface area (Å²) in [6.07, 6.45) is 1.06. The van der Waals surface area contributed by atoms with Gasteiger partial charge in [-0.15, -0.1) is 0 Å². The molecule has 4 heteroatoms. The fourth-order valence-corrected chi connectivity index (χ4v) is 1.73. The first kappa shape index (κ1) is 15.2. The number of nitrogens with one attached hydrogen (secondary N) is 1. The first-order chi connectivity index (χ1) is 8.54. The highest BCUT2D eigenvalue weighted by Crippen LogP contribution is 2.26. The predicted molar refractivity (Wildman–Crippen MR) is 76.7 cm³/mol. The highest BCUT2D eigenvalue weighted by molar-refractivity contribution is 9.11. The van der Waals surface area contributed by atoms with Gasteiger partial charge in [0.1, 0.15) is 18.2 Å². The Bertz CT molecular complexity index is 409. The van der Waals surface area contributed by atoms with E-state index in [4.69, 9.17) is 4.74 Å². The third kappa shape index (κ3) is 4.78. The Kier molecular flexibility index (Phi) is 6.36. The van der Waals surface area contributed by atoms with Crippen LogP contribution in [-0.4, -0.2) is 13.2 Å². The zero-order chi connectivity index (χ0) is 13.5. The standard InChI is InChI=1S/C14H19BrFNO/c1-4-7-17-11(3)13-6-5-12(16)8-14(13)18-9-10(2)15/h5-6,8,11,17H,2,4,7,9H2,1,3H3. The molecule has 1 N–H and O–H groups in total. The first-order valence-corrected chi connectivity index (χ1v) is 6.82. The topological polar surface area (TPSA) is 21.3 Å². The van der Waals surface area contributed by atoms with Gasteiger partial charge in [0.15, 0.2) is 0 Å². The highest BCUT2D eigenvalue weighted by Gasteiger charge is 2.12. The summed E-state index contributed by atoms with van der Waals surface area (Å²) in [5.74, 6) is 0.267. The van der Waals surface area contributed by atoms with E-state index in [1.807, 2.05) is 6.92 Å². The Morgan fingerprint density at radius 3 is 2.89 bits per heavy atom. The van der Waals surface area contributed by atoms with Crippen LogP contribution in [0.4, 0.5) is 4.39 Å². The van der Waals surface area contributed by atoms with Gasteiger partial charge in [0.2, 0.25) is 0 Å². The number of halogens is 2. The lowest BCUT2D eigenvalue weighted by Crippen LogP contribution is -2.20. The van der Waals surface area contributed by atoms with Crippen molar-refractivity contribution in [2.45, 2.75) is 26.3 Å². The maximum Gasteiger partial charge on any atom is 0.127 e. The van der Waals surface area contributed by atoms with E-state index in [0.717, 1.165) is 23.0 Å². The second-order valence-corrected chi connectivity index (χ2v) is 5.29. The summed E-state index contributed by atoms with van der Waals surface area (Å²) in [6.45, 7) is 9.10. The lowest BCUT2D eigenvalue weighted by molar-refractivity contribution is 0.349. The predicted octanol–water partition coefficient (Wildman–Crippen LogP) is 4.17. The van der Waals surface area contributed by atoms with E-state index >= 15 is 0 Å². The van der Waals surface area contributed by atoms with Gasteiger partial charge in [-0.1, -0.05) is 35.5 Å². The van der Waals surface area contributed by atoms with Gasteiger partial charge in [0.05, 0.1) is 0 Å². The van der Waals surface area contributed by atoms with E-state index in [0.29, 0.717) is 12.4 Å². The van der Waals surface area contributed by atoms with Crippen LogP contribution in [0.2, 0.25) is 0 Å². The van der Waals surface area contributed by atoms with Crippen LogP contribution < -0.4 is 10.1 Å². The van der Waals surface area contributed by atoms with Crippen molar-refractivity contribution in [1.29, 1.82) is 0 Å². The largest absolute Gasteiger partial charge is 0.488 e. The van der Waals surface area contributed by atoms with Crippen molar-refractivity contribution in [2.75, 3.05) is 13.2 Å². The van der Waals surface area contributed by atoms with Gasteiger partial charge in [-0.25, -0.2) is 4.39 Å². The lowest BCUT2D eigenvalue weighted by Gasteiger charge is -2.18. The minimum Gasteiger partial charge on any atom is -0.488 e. The lowest BCUT2D eigenvalue weighted by atomic mass is 10.1. The summed E-state index contributed by atoms with van der Waals surface area (Å²) in [7, 11) is 0. The number of rotatable bonds is 7. The van der Waals surface area contributed by atoms with Crippen LogP contribution in [0.15, 0.2) is 29.3 Å². The maximum absolute atomic E-state index is 13.3. The molecule has 100 valence electrons. The van der Waals surface area contributed by atoms with Gasteiger partial charge in [0, 0.05) is 22.2 Å². The molecule has 0 aliphatic carbocycles. The molecular formula is C14H19BrFNO. The summed E-state index contributed by atoms with van der Waals surface area (Å²) in [4.78, 5) is 0. The molecule has 1 aromatic rings. The molecule has 2 nitrogen and oxygen atoms in total. The maximum atomic E-state index is 13.3. The van der Waals surface area contributed by atoms with Crippen molar-refractivity contribution >= 4 is 15.9 Å². The zero-order valence-electron chi connectivity index (χ0n) is 10.8. The SMILES string of the molecule is C=C(Br)COc1cc(F)ccc1C(C)NCCC.